The van der Waals surface area contributed by atoms with Crippen molar-refractivity contribution in [3.05, 3.63) is 49.8 Å². The van der Waals surface area contributed by atoms with E-state index in [4.69, 9.17) is 16.3 Å². The van der Waals surface area contributed by atoms with Crippen molar-refractivity contribution in [1.82, 2.24) is 4.98 Å². The van der Waals surface area contributed by atoms with Crippen LogP contribution in [0.15, 0.2) is 34.2 Å². The molecular formula is C12H7BrClNO3S. The molecule has 0 saturated carbocycles. The molecule has 0 amide bonds. The largest absolute Gasteiger partial charge is 0.454 e. The van der Waals surface area contributed by atoms with Crippen LogP contribution in [0.3, 0.4) is 0 Å². The van der Waals surface area contributed by atoms with Crippen LogP contribution in [-0.4, -0.2) is 23.3 Å². The van der Waals surface area contributed by atoms with E-state index >= 15 is 0 Å². The monoisotopic (exact) mass is 359 g/mol. The maximum atomic E-state index is 11.7. The fraction of sp³-hybridized carbons (Fsp3) is 0.0833. The normalized spacial score (nSPS) is 10.2. The number of ether oxygens (including phenoxy) is 1. The topological polar surface area (TPSA) is 56.3 Å². The van der Waals surface area contributed by atoms with Crippen molar-refractivity contribution in [2.75, 3.05) is 6.61 Å². The first-order valence-corrected chi connectivity index (χ1v) is 7.13. The van der Waals surface area contributed by atoms with Crippen LogP contribution in [0.2, 0.25) is 5.15 Å². The van der Waals surface area contributed by atoms with E-state index in [2.05, 4.69) is 20.9 Å². The minimum absolute atomic E-state index is 0.0545. The van der Waals surface area contributed by atoms with Gasteiger partial charge in [-0.25, -0.2) is 9.78 Å². The average molecular weight is 361 g/mol. The van der Waals surface area contributed by atoms with Crippen LogP contribution in [0.4, 0.5) is 0 Å². The Morgan fingerprint density at radius 1 is 1.37 bits per heavy atom. The van der Waals surface area contributed by atoms with Crippen LogP contribution in [0.25, 0.3) is 0 Å². The Morgan fingerprint density at radius 2 is 2.16 bits per heavy atom. The molecule has 98 valence electrons. The maximum absolute atomic E-state index is 11.7. The summed E-state index contributed by atoms with van der Waals surface area (Å²) < 4.78 is 5.76. The smallest absolute Gasteiger partial charge is 0.341 e. The molecule has 0 fully saturated rings. The molecule has 0 radical (unpaired) electrons. The number of rotatable bonds is 4. The standard InChI is InChI=1S/C12H7BrClNO3S/c13-10-4-3-9(19-10)8(16)6-18-12(17)7-2-1-5-15-11(7)14/h1-5H,6H2. The molecule has 0 unspecified atom stereocenters. The summed E-state index contributed by atoms with van der Waals surface area (Å²) in [6.45, 7) is -0.322. The van der Waals surface area contributed by atoms with Gasteiger partial charge in [0.1, 0.15) is 5.15 Å². The Kier molecular flexibility index (Phi) is 4.68. The third-order valence-electron chi connectivity index (χ3n) is 2.16. The third kappa shape index (κ3) is 3.62. The molecule has 19 heavy (non-hydrogen) atoms. The predicted octanol–water partition coefficient (Wildman–Crippen LogP) is 3.60. The van der Waals surface area contributed by atoms with Crippen LogP contribution in [0.5, 0.6) is 0 Å². The zero-order chi connectivity index (χ0) is 13.8. The molecule has 0 aliphatic heterocycles. The molecule has 0 saturated heterocycles. The minimum Gasteiger partial charge on any atom is -0.454 e. The number of aromatic nitrogens is 1. The van der Waals surface area contributed by atoms with Gasteiger partial charge in [0.05, 0.1) is 14.2 Å². The molecule has 2 heterocycles. The van der Waals surface area contributed by atoms with Gasteiger partial charge < -0.3 is 4.74 Å². The first kappa shape index (κ1) is 14.2. The highest BCUT2D eigenvalue weighted by molar-refractivity contribution is 9.11. The number of hydrogen-bond acceptors (Lipinski definition) is 5. The molecule has 0 bridgehead atoms. The summed E-state index contributed by atoms with van der Waals surface area (Å²) in [6.07, 6.45) is 1.47. The lowest BCUT2D eigenvalue weighted by atomic mass is 10.3. The van der Waals surface area contributed by atoms with Crippen molar-refractivity contribution in [2.45, 2.75) is 0 Å². The summed E-state index contributed by atoms with van der Waals surface area (Å²) in [5, 5.41) is 0.0545. The molecule has 2 rings (SSSR count). The first-order valence-electron chi connectivity index (χ1n) is 5.14. The van der Waals surface area contributed by atoms with Gasteiger partial charge in [-0.2, -0.15) is 0 Å². The van der Waals surface area contributed by atoms with Gasteiger partial charge in [0.2, 0.25) is 5.78 Å². The molecule has 2 aromatic heterocycles. The summed E-state index contributed by atoms with van der Waals surface area (Å²) in [4.78, 5) is 27.7. The molecule has 0 N–H and O–H groups in total. The Labute approximate surface area is 126 Å². The molecule has 0 atom stereocenters. The number of thiophene rings is 1. The van der Waals surface area contributed by atoms with Gasteiger partial charge in [-0.15, -0.1) is 11.3 Å². The number of nitrogens with zero attached hydrogens (tertiary/aromatic N) is 1. The SMILES string of the molecule is O=C(COC(=O)c1cccnc1Cl)c1ccc(Br)s1. The van der Waals surface area contributed by atoms with E-state index in [1.54, 1.807) is 18.2 Å². The fourth-order valence-corrected chi connectivity index (χ4v) is 2.79. The van der Waals surface area contributed by atoms with Gasteiger partial charge in [-0.05, 0) is 40.2 Å². The number of pyridine rings is 1. The van der Waals surface area contributed by atoms with E-state index in [9.17, 15) is 9.59 Å². The van der Waals surface area contributed by atoms with Crippen LogP contribution >= 0.6 is 38.9 Å². The minimum atomic E-state index is -0.665. The summed E-state index contributed by atoms with van der Waals surface area (Å²) in [5.74, 6) is -0.925. The Bertz CT molecular complexity index is 629. The average Bonchev–Trinajstić information content (AvgIpc) is 2.83. The lowest BCUT2D eigenvalue weighted by Gasteiger charge is -2.04. The quantitative estimate of drug-likeness (QED) is 0.475. The van der Waals surface area contributed by atoms with Crippen molar-refractivity contribution in [2.24, 2.45) is 0 Å². The molecule has 0 aliphatic rings. The highest BCUT2D eigenvalue weighted by atomic mass is 79.9. The van der Waals surface area contributed by atoms with E-state index in [-0.39, 0.29) is 23.1 Å². The number of ketones is 1. The van der Waals surface area contributed by atoms with Crippen LogP contribution < -0.4 is 0 Å². The Balaban J connectivity index is 1.98. The Morgan fingerprint density at radius 3 is 2.79 bits per heavy atom. The van der Waals surface area contributed by atoms with Gasteiger partial charge in [0, 0.05) is 6.20 Å². The van der Waals surface area contributed by atoms with Crippen molar-refractivity contribution in [3.8, 4) is 0 Å². The second-order valence-electron chi connectivity index (χ2n) is 3.44. The summed E-state index contributed by atoms with van der Waals surface area (Å²) >= 11 is 10.3. The van der Waals surface area contributed by atoms with Crippen molar-refractivity contribution >= 4 is 50.6 Å². The Hall–Kier alpha value is -1.24. The second-order valence-corrected chi connectivity index (χ2v) is 6.27. The molecule has 7 heteroatoms. The zero-order valence-electron chi connectivity index (χ0n) is 9.43. The van der Waals surface area contributed by atoms with Gasteiger partial charge >= 0.3 is 5.97 Å². The lowest BCUT2D eigenvalue weighted by molar-refractivity contribution is 0.0475. The van der Waals surface area contributed by atoms with Crippen molar-refractivity contribution < 1.29 is 14.3 Å². The molecule has 2 aromatic rings. The number of Topliss-reactive ketones (excluding diaryl/α,β-unsaturated/α-hetero) is 1. The maximum Gasteiger partial charge on any atom is 0.341 e. The van der Waals surface area contributed by atoms with Crippen LogP contribution in [-0.2, 0) is 4.74 Å². The van der Waals surface area contributed by atoms with Crippen molar-refractivity contribution in [3.63, 3.8) is 0 Å². The molecule has 0 spiro atoms. The summed E-state index contributed by atoms with van der Waals surface area (Å²) in [7, 11) is 0. The lowest BCUT2D eigenvalue weighted by Crippen LogP contribution is -2.14. The van der Waals surface area contributed by atoms with Crippen molar-refractivity contribution in [1.29, 1.82) is 0 Å². The molecule has 0 aromatic carbocycles. The van der Waals surface area contributed by atoms with E-state index in [1.807, 2.05) is 0 Å². The van der Waals surface area contributed by atoms with E-state index in [1.165, 1.54) is 23.6 Å². The first-order chi connectivity index (χ1) is 9.08. The number of esters is 1. The van der Waals surface area contributed by atoms with E-state index in [0.717, 1.165) is 3.79 Å². The van der Waals surface area contributed by atoms with E-state index < -0.39 is 5.97 Å². The van der Waals surface area contributed by atoms with Crippen LogP contribution in [0, 0.1) is 0 Å². The van der Waals surface area contributed by atoms with Gasteiger partial charge in [0.25, 0.3) is 0 Å². The summed E-state index contributed by atoms with van der Waals surface area (Å²) in [6, 6.07) is 6.49. The van der Waals surface area contributed by atoms with E-state index in [0.29, 0.717) is 4.88 Å². The third-order valence-corrected chi connectivity index (χ3v) is 4.13. The number of hydrogen-bond donors (Lipinski definition) is 0. The van der Waals surface area contributed by atoms with Gasteiger partial charge in [0.15, 0.2) is 6.61 Å². The predicted molar refractivity (Wildman–Crippen MR) is 75.9 cm³/mol. The van der Waals surface area contributed by atoms with Gasteiger partial charge in [-0.1, -0.05) is 11.6 Å². The highest BCUT2D eigenvalue weighted by Crippen LogP contribution is 2.22. The number of carbonyl (C=O) groups excluding carboxylic acids is 2. The highest BCUT2D eigenvalue weighted by Gasteiger charge is 2.15. The second kappa shape index (κ2) is 6.27. The zero-order valence-corrected chi connectivity index (χ0v) is 12.6. The number of carbonyl (C=O) groups is 2. The van der Waals surface area contributed by atoms with Gasteiger partial charge in [-0.3, -0.25) is 4.79 Å². The number of halogens is 2. The molecular weight excluding hydrogens is 354 g/mol. The fourth-order valence-electron chi connectivity index (χ4n) is 1.28. The summed E-state index contributed by atoms with van der Waals surface area (Å²) in [5.41, 5.74) is 0.143. The van der Waals surface area contributed by atoms with Crippen LogP contribution in [0.1, 0.15) is 20.0 Å². The molecule has 4 nitrogen and oxygen atoms in total. The molecule has 0 aliphatic carbocycles.